The predicted octanol–water partition coefficient (Wildman–Crippen LogP) is 3.65. The molecule has 0 atom stereocenters. The van der Waals surface area contributed by atoms with Crippen LogP contribution in [0.4, 0.5) is 0 Å². The van der Waals surface area contributed by atoms with Crippen LogP contribution in [0.5, 0.6) is 0 Å². The zero-order valence-corrected chi connectivity index (χ0v) is 10.4. The van der Waals surface area contributed by atoms with Crippen molar-refractivity contribution in [1.82, 2.24) is 4.57 Å². The summed E-state index contributed by atoms with van der Waals surface area (Å²) in [6, 6.07) is 12.3. The number of nitriles is 1. The van der Waals surface area contributed by atoms with Crippen LogP contribution in [0.1, 0.15) is 31.9 Å². The van der Waals surface area contributed by atoms with Crippen molar-refractivity contribution in [3.63, 3.8) is 0 Å². The van der Waals surface area contributed by atoms with Gasteiger partial charge in [-0.2, -0.15) is 5.26 Å². The first-order valence-electron chi connectivity index (χ1n) is 5.70. The summed E-state index contributed by atoms with van der Waals surface area (Å²) in [6.07, 6.45) is 3.90. The molecule has 0 saturated carbocycles. The van der Waals surface area contributed by atoms with Crippen molar-refractivity contribution >= 4 is 0 Å². The molecule has 0 aliphatic carbocycles. The SMILES string of the molecule is CC(C)(C)c1ccc(-n2cccc2)c(C#N)c1. The molecular weight excluding hydrogens is 208 g/mol. The van der Waals surface area contributed by atoms with E-state index in [4.69, 9.17) is 0 Å². The van der Waals surface area contributed by atoms with Crippen molar-refractivity contribution in [2.45, 2.75) is 26.2 Å². The fourth-order valence-electron chi connectivity index (χ4n) is 1.81. The van der Waals surface area contributed by atoms with Crippen molar-refractivity contribution in [2.75, 3.05) is 0 Å². The van der Waals surface area contributed by atoms with Crippen LogP contribution in [0.2, 0.25) is 0 Å². The Hall–Kier alpha value is -2.01. The number of hydrogen-bond acceptors (Lipinski definition) is 1. The highest BCUT2D eigenvalue weighted by molar-refractivity contribution is 5.52. The van der Waals surface area contributed by atoms with Gasteiger partial charge in [0.15, 0.2) is 0 Å². The summed E-state index contributed by atoms with van der Waals surface area (Å²) in [5.41, 5.74) is 2.91. The van der Waals surface area contributed by atoms with E-state index in [9.17, 15) is 5.26 Å². The van der Waals surface area contributed by atoms with Crippen LogP contribution in [0, 0.1) is 11.3 Å². The molecule has 17 heavy (non-hydrogen) atoms. The Balaban J connectivity index is 2.55. The van der Waals surface area contributed by atoms with E-state index >= 15 is 0 Å². The molecule has 0 bridgehead atoms. The van der Waals surface area contributed by atoms with Crippen LogP contribution in [0.25, 0.3) is 5.69 Å². The van der Waals surface area contributed by atoms with Crippen molar-refractivity contribution in [1.29, 1.82) is 5.26 Å². The van der Waals surface area contributed by atoms with Gasteiger partial charge in [0.2, 0.25) is 0 Å². The van der Waals surface area contributed by atoms with Gasteiger partial charge >= 0.3 is 0 Å². The van der Waals surface area contributed by atoms with Gasteiger partial charge in [-0.3, -0.25) is 0 Å². The zero-order chi connectivity index (χ0) is 12.5. The fraction of sp³-hybridized carbons (Fsp3) is 0.267. The Morgan fingerprint density at radius 1 is 1.12 bits per heavy atom. The van der Waals surface area contributed by atoms with Gasteiger partial charge in [-0.15, -0.1) is 0 Å². The van der Waals surface area contributed by atoms with Crippen molar-refractivity contribution in [3.05, 3.63) is 53.9 Å². The van der Waals surface area contributed by atoms with Crippen LogP contribution in [0.15, 0.2) is 42.7 Å². The second kappa shape index (κ2) is 4.10. The maximum Gasteiger partial charge on any atom is 0.101 e. The minimum atomic E-state index is 0.0703. The van der Waals surface area contributed by atoms with Crippen molar-refractivity contribution in [2.24, 2.45) is 0 Å². The van der Waals surface area contributed by atoms with Gasteiger partial charge in [0.25, 0.3) is 0 Å². The van der Waals surface area contributed by atoms with E-state index in [2.05, 4.69) is 32.9 Å². The first kappa shape index (κ1) is 11.5. The highest BCUT2D eigenvalue weighted by Crippen LogP contribution is 2.25. The van der Waals surface area contributed by atoms with Crippen LogP contribution in [-0.2, 0) is 5.41 Å². The molecule has 0 radical (unpaired) electrons. The van der Waals surface area contributed by atoms with E-state index < -0.39 is 0 Å². The summed E-state index contributed by atoms with van der Waals surface area (Å²) in [4.78, 5) is 0. The summed E-state index contributed by atoms with van der Waals surface area (Å²) >= 11 is 0. The molecule has 0 amide bonds. The van der Waals surface area contributed by atoms with Crippen LogP contribution in [0.3, 0.4) is 0 Å². The summed E-state index contributed by atoms with van der Waals surface area (Å²) in [5.74, 6) is 0. The third-order valence-corrected chi connectivity index (χ3v) is 2.87. The lowest BCUT2D eigenvalue weighted by Gasteiger charge is -2.20. The smallest absolute Gasteiger partial charge is 0.101 e. The molecule has 0 fully saturated rings. The monoisotopic (exact) mass is 224 g/mol. The van der Waals surface area contributed by atoms with Gasteiger partial charge in [-0.05, 0) is 35.2 Å². The number of rotatable bonds is 1. The normalized spacial score (nSPS) is 11.2. The molecule has 0 aliphatic rings. The standard InChI is InChI=1S/C15H16N2/c1-15(2,3)13-6-7-14(12(10-13)11-16)17-8-4-5-9-17/h4-10H,1-3H3. The molecular formula is C15H16N2. The van der Waals surface area contributed by atoms with Gasteiger partial charge in [-0.1, -0.05) is 26.8 Å². The summed E-state index contributed by atoms with van der Waals surface area (Å²) < 4.78 is 1.96. The van der Waals surface area contributed by atoms with Crippen LogP contribution in [-0.4, -0.2) is 4.57 Å². The highest BCUT2D eigenvalue weighted by Gasteiger charge is 2.15. The third-order valence-electron chi connectivity index (χ3n) is 2.87. The van der Waals surface area contributed by atoms with Crippen LogP contribution < -0.4 is 0 Å². The number of hydrogen-bond donors (Lipinski definition) is 0. The van der Waals surface area contributed by atoms with Gasteiger partial charge in [0.05, 0.1) is 11.3 Å². The van der Waals surface area contributed by atoms with E-state index in [-0.39, 0.29) is 5.41 Å². The third kappa shape index (κ3) is 2.24. The van der Waals surface area contributed by atoms with E-state index in [0.29, 0.717) is 5.56 Å². The average Bonchev–Trinajstić information content (AvgIpc) is 2.80. The van der Waals surface area contributed by atoms with E-state index in [0.717, 1.165) is 5.69 Å². The van der Waals surface area contributed by atoms with Gasteiger partial charge in [0.1, 0.15) is 6.07 Å². The Kier molecular flexibility index (Phi) is 2.77. The molecule has 0 saturated heterocycles. The highest BCUT2D eigenvalue weighted by atomic mass is 14.9. The minimum absolute atomic E-state index is 0.0703. The lowest BCUT2D eigenvalue weighted by molar-refractivity contribution is 0.590. The predicted molar refractivity (Wildman–Crippen MR) is 69.2 cm³/mol. The molecule has 0 aliphatic heterocycles. The first-order chi connectivity index (χ1) is 8.02. The molecule has 1 aromatic heterocycles. The van der Waals surface area contributed by atoms with Crippen LogP contribution >= 0.6 is 0 Å². The van der Waals surface area contributed by atoms with Gasteiger partial charge < -0.3 is 4.57 Å². The quantitative estimate of drug-likeness (QED) is 0.727. The molecule has 1 heterocycles. The number of nitrogens with zero attached hydrogens (tertiary/aromatic N) is 2. The Labute approximate surface area is 102 Å². The largest absolute Gasteiger partial charge is 0.323 e. The molecule has 0 N–H and O–H groups in total. The molecule has 1 aromatic carbocycles. The molecule has 2 rings (SSSR count). The van der Waals surface area contributed by atoms with Gasteiger partial charge in [0, 0.05) is 12.4 Å². The van der Waals surface area contributed by atoms with E-state index in [1.807, 2.05) is 41.2 Å². The fourth-order valence-corrected chi connectivity index (χ4v) is 1.81. The number of benzene rings is 1. The molecule has 0 spiro atoms. The second-order valence-electron chi connectivity index (χ2n) is 5.18. The van der Waals surface area contributed by atoms with Crippen molar-refractivity contribution in [3.8, 4) is 11.8 Å². The zero-order valence-electron chi connectivity index (χ0n) is 10.4. The molecule has 2 heteroatoms. The van der Waals surface area contributed by atoms with Gasteiger partial charge in [-0.25, -0.2) is 0 Å². The van der Waals surface area contributed by atoms with E-state index in [1.54, 1.807) is 0 Å². The summed E-state index contributed by atoms with van der Waals surface area (Å²) in [7, 11) is 0. The molecule has 86 valence electrons. The topological polar surface area (TPSA) is 28.7 Å². The minimum Gasteiger partial charge on any atom is -0.323 e. The lowest BCUT2D eigenvalue weighted by atomic mass is 9.86. The Bertz CT molecular complexity index is 552. The maximum absolute atomic E-state index is 9.24. The van der Waals surface area contributed by atoms with Crippen molar-refractivity contribution < 1.29 is 0 Å². The average molecular weight is 224 g/mol. The lowest BCUT2D eigenvalue weighted by Crippen LogP contribution is -2.11. The van der Waals surface area contributed by atoms with E-state index in [1.165, 1.54) is 5.56 Å². The molecule has 2 aromatic rings. The molecule has 0 unspecified atom stereocenters. The summed E-state index contributed by atoms with van der Waals surface area (Å²) in [5, 5.41) is 9.24. The first-order valence-corrected chi connectivity index (χ1v) is 5.70. The Morgan fingerprint density at radius 3 is 2.29 bits per heavy atom. The summed E-state index contributed by atoms with van der Waals surface area (Å²) in [6.45, 7) is 6.45. The molecule has 2 nitrogen and oxygen atoms in total. The Morgan fingerprint density at radius 2 is 1.76 bits per heavy atom. The second-order valence-corrected chi connectivity index (χ2v) is 5.18. The number of aromatic nitrogens is 1. The maximum atomic E-state index is 9.24.